The fourth-order valence-electron chi connectivity index (χ4n) is 4.14. The van der Waals surface area contributed by atoms with Crippen molar-refractivity contribution in [2.75, 3.05) is 13.7 Å². The summed E-state index contributed by atoms with van der Waals surface area (Å²) in [6, 6.07) is 35.9. The summed E-state index contributed by atoms with van der Waals surface area (Å²) in [6.07, 6.45) is 0.744. The third-order valence-electron chi connectivity index (χ3n) is 6.03. The van der Waals surface area contributed by atoms with Gasteiger partial charge < -0.3 is 16.2 Å². The summed E-state index contributed by atoms with van der Waals surface area (Å²) in [6.45, 7) is -0.367. The van der Waals surface area contributed by atoms with Gasteiger partial charge in [-0.25, -0.2) is 0 Å². The molecule has 0 amide bonds. The topological polar surface area (TPSA) is 75.3 Å². The number of benzene rings is 4. The van der Waals surface area contributed by atoms with Crippen LogP contribution in [0.2, 0.25) is 0 Å². The number of hydrogen-bond acceptors (Lipinski definition) is 4. The number of nitrogens with one attached hydrogen (secondary N) is 1. The van der Waals surface area contributed by atoms with Gasteiger partial charge in [0.05, 0.1) is 12.3 Å². The minimum absolute atomic E-state index is 0.326. The van der Waals surface area contributed by atoms with Gasteiger partial charge in [-0.15, -0.1) is 0 Å². The first kappa shape index (κ1) is 23.7. The second kappa shape index (κ2) is 11.1. The highest BCUT2D eigenvalue weighted by molar-refractivity contribution is 5.96. The van der Waals surface area contributed by atoms with Crippen LogP contribution in [0.1, 0.15) is 11.1 Å². The van der Waals surface area contributed by atoms with Gasteiger partial charge in [0.15, 0.2) is 6.29 Å². The molecule has 0 unspecified atom stereocenters. The Morgan fingerprint density at radius 1 is 0.714 bits per heavy atom. The highest BCUT2D eigenvalue weighted by Crippen LogP contribution is 2.28. The van der Waals surface area contributed by atoms with E-state index in [0.717, 1.165) is 39.7 Å². The lowest BCUT2D eigenvalue weighted by Gasteiger charge is -2.16. The Morgan fingerprint density at radius 3 is 1.54 bits per heavy atom. The normalized spacial score (nSPS) is 12.4. The van der Waals surface area contributed by atoms with Crippen molar-refractivity contribution in [3.63, 3.8) is 0 Å². The molecule has 0 aromatic heterocycles. The molecule has 4 rings (SSSR count). The van der Waals surface area contributed by atoms with Gasteiger partial charge in [0, 0.05) is 23.9 Å². The predicted octanol–water partition coefficient (Wildman–Crippen LogP) is 5.51. The monoisotopic (exact) mass is 460 g/mol. The molecular formula is C31H28N2O2. The van der Waals surface area contributed by atoms with Crippen molar-refractivity contribution in [1.29, 1.82) is 0 Å². The molecule has 35 heavy (non-hydrogen) atoms. The molecule has 0 saturated heterocycles. The van der Waals surface area contributed by atoms with Crippen molar-refractivity contribution in [3.05, 3.63) is 131 Å². The van der Waals surface area contributed by atoms with Crippen LogP contribution in [0.15, 0.2) is 120 Å². The van der Waals surface area contributed by atoms with Crippen LogP contribution in [0, 0.1) is 0 Å². The van der Waals surface area contributed by atoms with Gasteiger partial charge in [-0.05, 0) is 33.4 Å². The number of rotatable bonds is 8. The van der Waals surface area contributed by atoms with Gasteiger partial charge in [0.2, 0.25) is 0 Å². The highest BCUT2D eigenvalue weighted by atomic mass is 16.3. The van der Waals surface area contributed by atoms with Crippen molar-refractivity contribution < 1.29 is 9.90 Å². The molecule has 0 fully saturated rings. The molecule has 0 aliphatic rings. The van der Waals surface area contributed by atoms with Crippen LogP contribution >= 0.6 is 0 Å². The lowest BCUT2D eigenvalue weighted by Crippen LogP contribution is -2.15. The molecule has 0 atom stereocenters. The van der Waals surface area contributed by atoms with Crippen LogP contribution in [-0.4, -0.2) is 25.0 Å². The minimum Gasteiger partial charge on any atom is -0.398 e. The summed E-state index contributed by atoms with van der Waals surface area (Å²) in [5.41, 5.74) is 14.1. The van der Waals surface area contributed by atoms with E-state index in [4.69, 9.17) is 5.73 Å². The highest BCUT2D eigenvalue weighted by Gasteiger charge is 2.16. The molecule has 0 spiro atoms. The molecule has 0 heterocycles. The summed E-state index contributed by atoms with van der Waals surface area (Å²) in [5.74, 6) is 0. The van der Waals surface area contributed by atoms with Crippen LogP contribution in [-0.2, 0) is 4.79 Å². The third kappa shape index (κ3) is 5.24. The van der Waals surface area contributed by atoms with Gasteiger partial charge in [0.25, 0.3) is 0 Å². The number of aldehydes is 1. The predicted molar refractivity (Wildman–Crippen MR) is 144 cm³/mol. The van der Waals surface area contributed by atoms with Crippen LogP contribution in [0.3, 0.4) is 0 Å². The Morgan fingerprint density at radius 2 is 1.14 bits per heavy atom. The zero-order valence-corrected chi connectivity index (χ0v) is 19.6. The van der Waals surface area contributed by atoms with E-state index in [1.807, 2.05) is 97.1 Å². The number of aliphatic hydroxyl groups is 1. The van der Waals surface area contributed by atoms with E-state index in [1.165, 1.54) is 0 Å². The maximum Gasteiger partial charge on any atom is 0.152 e. The van der Waals surface area contributed by atoms with Crippen molar-refractivity contribution in [3.8, 4) is 22.3 Å². The standard InChI is InChI=1S/C31H28N2O2/c1-33-31(27-18-14-25(15-19-27)23-10-6-3-7-11-23)29(21-35)28(20-34)30(32)26-16-12-24(13-17-26)22-8-4-2-5-9-22/h2-19,21,33-34H,20,32H2,1H3/b30-28-,31-29-. The second-order valence-electron chi connectivity index (χ2n) is 8.09. The van der Waals surface area contributed by atoms with Crippen LogP contribution in [0.5, 0.6) is 0 Å². The lowest BCUT2D eigenvalue weighted by atomic mass is 9.95. The summed E-state index contributed by atoms with van der Waals surface area (Å²) >= 11 is 0. The molecule has 0 saturated carbocycles. The Bertz CT molecular complexity index is 1340. The first-order chi connectivity index (χ1) is 17.2. The molecule has 0 aliphatic carbocycles. The molecule has 4 heteroatoms. The number of carbonyl (C=O) groups is 1. The Hall–Kier alpha value is -4.41. The summed E-state index contributed by atoms with van der Waals surface area (Å²) in [4.78, 5) is 12.2. The van der Waals surface area contributed by atoms with Crippen molar-refractivity contribution in [2.24, 2.45) is 5.73 Å². The maximum atomic E-state index is 12.2. The van der Waals surface area contributed by atoms with Crippen molar-refractivity contribution in [2.45, 2.75) is 0 Å². The quantitative estimate of drug-likeness (QED) is 0.184. The first-order valence-electron chi connectivity index (χ1n) is 11.4. The van der Waals surface area contributed by atoms with E-state index in [1.54, 1.807) is 7.05 Å². The first-order valence-corrected chi connectivity index (χ1v) is 11.4. The minimum atomic E-state index is -0.367. The van der Waals surface area contributed by atoms with Gasteiger partial charge in [-0.1, -0.05) is 109 Å². The average Bonchev–Trinajstić information content (AvgIpc) is 2.94. The molecule has 4 nitrogen and oxygen atoms in total. The number of carbonyl (C=O) groups excluding carboxylic acids is 1. The fourth-order valence-corrected chi connectivity index (χ4v) is 4.14. The molecule has 174 valence electrons. The Balaban J connectivity index is 1.72. The zero-order valence-electron chi connectivity index (χ0n) is 19.6. The molecule has 0 radical (unpaired) electrons. The van der Waals surface area contributed by atoms with Gasteiger partial charge in [-0.2, -0.15) is 0 Å². The van der Waals surface area contributed by atoms with Gasteiger partial charge in [-0.3, -0.25) is 4.79 Å². The largest absolute Gasteiger partial charge is 0.398 e. The van der Waals surface area contributed by atoms with Crippen molar-refractivity contribution >= 4 is 17.7 Å². The van der Waals surface area contributed by atoms with E-state index in [0.29, 0.717) is 22.5 Å². The van der Waals surface area contributed by atoms with Gasteiger partial charge in [0.1, 0.15) is 0 Å². The molecular weight excluding hydrogens is 432 g/mol. The SMILES string of the molecule is CN/C(=C(C=O)\C(CO)=C(/N)c1ccc(-c2ccccc2)cc1)c1ccc(-c2ccccc2)cc1. The number of aliphatic hydroxyl groups excluding tert-OH is 1. The van der Waals surface area contributed by atoms with Crippen LogP contribution in [0.4, 0.5) is 0 Å². The molecule has 4 aromatic carbocycles. The smallest absolute Gasteiger partial charge is 0.152 e. The molecule has 0 aliphatic heterocycles. The Kier molecular flexibility index (Phi) is 7.56. The summed E-state index contributed by atoms with van der Waals surface area (Å²) < 4.78 is 0. The van der Waals surface area contributed by atoms with Crippen LogP contribution < -0.4 is 11.1 Å². The summed E-state index contributed by atoms with van der Waals surface area (Å²) in [7, 11) is 1.75. The van der Waals surface area contributed by atoms with E-state index < -0.39 is 0 Å². The van der Waals surface area contributed by atoms with E-state index >= 15 is 0 Å². The van der Waals surface area contributed by atoms with Crippen LogP contribution in [0.25, 0.3) is 33.6 Å². The third-order valence-corrected chi connectivity index (χ3v) is 6.03. The number of hydrogen-bond donors (Lipinski definition) is 3. The second-order valence-corrected chi connectivity index (χ2v) is 8.09. The van der Waals surface area contributed by atoms with Crippen molar-refractivity contribution in [1.82, 2.24) is 5.32 Å². The average molecular weight is 461 g/mol. The number of nitrogens with two attached hydrogens (primary N) is 1. The summed E-state index contributed by atoms with van der Waals surface area (Å²) in [5, 5.41) is 13.3. The zero-order chi connectivity index (χ0) is 24.6. The molecule has 4 N–H and O–H groups in total. The fraction of sp³-hybridized carbons (Fsp3) is 0.0645. The van der Waals surface area contributed by atoms with E-state index in [-0.39, 0.29) is 6.61 Å². The van der Waals surface area contributed by atoms with E-state index in [9.17, 15) is 9.90 Å². The van der Waals surface area contributed by atoms with Gasteiger partial charge >= 0.3 is 0 Å². The molecule has 4 aromatic rings. The van der Waals surface area contributed by atoms with E-state index in [2.05, 4.69) is 17.4 Å². The Labute approximate surface area is 206 Å². The molecule has 0 bridgehead atoms. The maximum absolute atomic E-state index is 12.2. The lowest BCUT2D eigenvalue weighted by molar-refractivity contribution is -0.104.